The zero-order valence-electron chi connectivity index (χ0n) is 7.77. The monoisotopic (exact) mass is 216 g/mol. The van der Waals surface area contributed by atoms with Crippen LogP contribution in [0.25, 0.3) is 0 Å². The summed E-state index contributed by atoms with van der Waals surface area (Å²) in [6, 6.07) is -0.00306. The molecule has 0 bridgehead atoms. The summed E-state index contributed by atoms with van der Waals surface area (Å²) < 4.78 is 27.4. The zero-order chi connectivity index (χ0) is 10.2. The summed E-state index contributed by atoms with van der Waals surface area (Å²) in [5, 5.41) is 3.05. The van der Waals surface area contributed by atoms with E-state index in [1.54, 1.807) is 13.2 Å². The second kappa shape index (κ2) is 3.34. The van der Waals surface area contributed by atoms with E-state index in [9.17, 15) is 8.42 Å². The Morgan fingerprint density at radius 2 is 2.36 bits per heavy atom. The fourth-order valence-electron chi connectivity index (χ4n) is 1.26. The third-order valence-corrected chi connectivity index (χ3v) is 3.64. The minimum Gasteiger partial charge on any atom is -0.324 e. The van der Waals surface area contributed by atoms with Crippen molar-refractivity contribution in [3.8, 4) is 0 Å². The normalized spacial score (nSPS) is 18.1. The van der Waals surface area contributed by atoms with E-state index >= 15 is 0 Å². The second-order valence-corrected chi connectivity index (χ2v) is 4.90. The van der Waals surface area contributed by atoms with E-state index in [0.717, 1.165) is 0 Å². The number of sulfonamides is 1. The van der Waals surface area contributed by atoms with Gasteiger partial charge in [0.25, 0.3) is 10.0 Å². The number of aryl methyl sites for hydroxylation is 1. The summed E-state index contributed by atoms with van der Waals surface area (Å²) >= 11 is 0. The third kappa shape index (κ3) is 1.66. The van der Waals surface area contributed by atoms with Gasteiger partial charge in [0.2, 0.25) is 5.16 Å². The van der Waals surface area contributed by atoms with Gasteiger partial charge in [-0.3, -0.25) is 0 Å². The molecule has 2 rings (SSSR count). The van der Waals surface area contributed by atoms with Crippen molar-refractivity contribution in [1.82, 2.24) is 19.6 Å². The fraction of sp³-hybridized carbons (Fsp3) is 0.571. The first kappa shape index (κ1) is 9.63. The van der Waals surface area contributed by atoms with Crippen LogP contribution in [-0.2, 0) is 17.1 Å². The Balaban J connectivity index is 2.19. The van der Waals surface area contributed by atoms with Crippen molar-refractivity contribution in [2.45, 2.75) is 11.2 Å². The van der Waals surface area contributed by atoms with Crippen molar-refractivity contribution in [2.24, 2.45) is 7.05 Å². The van der Waals surface area contributed by atoms with Gasteiger partial charge in [0.15, 0.2) is 0 Å². The van der Waals surface area contributed by atoms with Crippen molar-refractivity contribution in [3.63, 3.8) is 0 Å². The highest BCUT2D eigenvalue weighted by atomic mass is 32.2. The molecule has 0 unspecified atom stereocenters. The van der Waals surface area contributed by atoms with Gasteiger partial charge < -0.3 is 9.88 Å². The highest BCUT2D eigenvalue weighted by molar-refractivity contribution is 7.89. The van der Waals surface area contributed by atoms with Crippen molar-refractivity contribution in [3.05, 3.63) is 12.4 Å². The first-order valence-corrected chi connectivity index (χ1v) is 5.78. The quantitative estimate of drug-likeness (QED) is 0.656. The van der Waals surface area contributed by atoms with Gasteiger partial charge in [0.05, 0.1) is 0 Å². The van der Waals surface area contributed by atoms with Crippen molar-refractivity contribution in [2.75, 3.05) is 13.1 Å². The van der Waals surface area contributed by atoms with E-state index in [2.05, 4.69) is 15.0 Å². The van der Waals surface area contributed by atoms with Gasteiger partial charge >= 0.3 is 0 Å². The molecule has 0 atom stereocenters. The van der Waals surface area contributed by atoms with E-state index in [0.29, 0.717) is 13.1 Å². The van der Waals surface area contributed by atoms with Crippen LogP contribution in [0.15, 0.2) is 17.6 Å². The largest absolute Gasteiger partial charge is 0.324 e. The maximum absolute atomic E-state index is 11.7. The van der Waals surface area contributed by atoms with Crippen LogP contribution in [0.4, 0.5) is 0 Å². The molecule has 1 saturated heterocycles. The molecule has 2 heterocycles. The molecule has 1 aliphatic rings. The summed E-state index contributed by atoms with van der Waals surface area (Å²) in [6.45, 7) is 1.37. The molecule has 0 aliphatic carbocycles. The van der Waals surface area contributed by atoms with Crippen LogP contribution in [0.1, 0.15) is 0 Å². The Kier molecular flexibility index (Phi) is 2.30. The Labute approximate surface area is 82.4 Å². The van der Waals surface area contributed by atoms with Crippen LogP contribution in [0.2, 0.25) is 0 Å². The lowest BCUT2D eigenvalue weighted by molar-refractivity contribution is 0.408. The summed E-state index contributed by atoms with van der Waals surface area (Å²) in [6.07, 6.45) is 3.07. The Bertz CT molecular complexity index is 421. The molecule has 0 amide bonds. The number of nitrogens with zero attached hydrogens (tertiary/aromatic N) is 2. The molecule has 6 nitrogen and oxygen atoms in total. The molecule has 0 saturated carbocycles. The predicted octanol–water partition coefficient (Wildman–Crippen LogP) is -1.33. The summed E-state index contributed by atoms with van der Waals surface area (Å²) in [7, 11) is -1.79. The molecule has 0 spiro atoms. The number of imidazole rings is 1. The predicted molar refractivity (Wildman–Crippen MR) is 50.2 cm³/mol. The first-order chi connectivity index (χ1) is 6.59. The van der Waals surface area contributed by atoms with Crippen LogP contribution >= 0.6 is 0 Å². The van der Waals surface area contributed by atoms with Crippen LogP contribution in [0.5, 0.6) is 0 Å². The van der Waals surface area contributed by atoms with Crippen molar-refractivity contribution in [1.29, 1.82) is 0 Å². The first-order valence-electron chi connectivity index (χ1n) is 4.30. The minimum atomic E-state index is -3.45. The zero-order valence-corrected chi connectivity index (χ0v) is 8.58. The highest BCUT2D eigenvalue weighted by Gasteiger charge is 2.26. The molecule has 1 aromatic rings. The summed E-state index contributed by atoms with van der Waals surface area (Å²) in [5.41, 5.74) is 0. The van der Waals surface area contributed by atoms with Gasteiger partial charge in [-0.1, -0.05) is 0 Å². The number of hydrogen-bond donors (Lipinski definition) is 2. The number of rotatable bonds is 3. The lowest BCUT2D eigenvalue weighted by Gasteiger charge is -2.27. The minimum absolute atomic E-state index is 0.00306. The van der Waals surface area contributed by atoms with Crippen molar-refractivity contribution >= 4 is 10.0 Å². The molecule has 2 N–H and O–H groups in total. The Hall–Kier alpha value is -0.920. The Morgan fingerprint density at radius 1 is 1.64 bits per heavy atom. The van der Waals surface area contributed by atoms with E-state index in [4.69, 9.17) is 0 Å². The van der Waals surface area contributed by atoms with E-state index in [-0.39, 0.29) is 11.2 Å². The molecule has 0 radical (unpaired) electrons. The smallest absolute Gasteiger partial charge is 0.274 e. The third-order valence-electron chi connectivity index (χ3n) is 2.12. The average Bonchev–Trinajstić information content (AvgIpc) is 2.45. The van der Waals surface area contributed by atoms with Gasteiger partial charge in [0.1, 0.15) is 0 Å². The molecule has 1 aliphatic heterocycles. The van der Waals surface area contributed by atoms with Gasteiger partial charge in [-0.15, -0.1) is 0 Å². The van der Waals surface area contributed by atoms with E-state index in [1.807, 2.05) is 0 Å². The van der Waals surface area contributed by atoms with Crippen molar-refractivity contribution < 1.29 is 8.42 Å². The summed E-state index contributed by atoms with van der Waals surface area (Å²) in [5.74, 6) is 0. The molecular formula is C7H12N4O2S. The average molecular weight is 216 g/mol. The fourth-order valence-corrected chi connectivity index (χ4v) is 2.61. The lowest BCUT2D eigenvalue weighted by Crippen LogP contribution is -2.57. The highest BCUT2D eigenvalue weighted by Crippen LogP contribution is 2.05. The molecule has 7 heteroatoms. The van der Waals surface area contributed by atoms with Gasteiger partial charge in [-0.25, -0.2) is 18.1 Å². The lowest BCUT2D eigenvalue weighted by atomic mass is 10.2. The molecule has 1 fully saturated rings. The molecule has 1 aromatic heterocycles. The molecule has 14 heavy (non-hydrogen) atoms. The number of aromatic nitrogens is 2. The van der Waals surface area contributed by atoms with Crippen LogP contribution in [0, 0.1) is 0 Å². The number of hydrogen-bond acceptors (Lipinski definition) is 4. The molecular weight excluding hydrogens is 204 g/mol. The topological polar surface area (TPSA) is 76.0 Å². The van der Waals surface area contributed by atoms with Crippen LogP contribution < -0.4 is 10.0 Å². The van der Waals surface area contributed by atoms with Crippen LogP contribution in [-0.4, -0.2) is 37.1 Å². The summed E-state index contributed by atoms with van der Waals surface area (Å²) in [4.78, 5) is 3.79. The number of nitrogens with one attached hydrogen (secondary N) is 2. The maximum Gasteiger partial charge on any atom is 0.274 e. The molecule has 0 aromatic carbocycles. The maximum atomic E-state index is 11.7. The molecule has 78 valence electrons. The van der Waals surface area contributed by atoms with Gasteiger partial charge in [0, 0.05) is 38.6 Å². The van der Waals surface area contributed by atoms with Gasteiger partial charge in [-0.05, 0) is 0 Å². The van der Waals surface area contributed by atoms with Crippen LogP contribution in [0.3, 0.4) is 0 Å². The van der Waals surface area contributed by atoms with E-state index < -0.39 is 10.0 Å². The Morgan fingerprint density at radius 3 is 2.79 bits per heavy atom. The SMILES string of the molecule is Cn1ccnc1S(=O)(=O)NC1CNC1. The van der Waals surface area contributed by atoms with E-state index in [1.165, 1.54) is 10.8 Å². The standard InChI is InChI=1S/C7H12N4O2S/c1-11-3-2-9-7(11)14(12,13)10-6-4-8-5-6/h2-3,6,8,10H,4-5H2,1H3. The second-order valence-electron chi connectivity index (χ2n) is 3.30. The van der Waals surface area contributed by atoms with Gasteiger partial charge in [-0.2, -0.15) is 0 Å².